The van der Waals surface area contributed by atoms with Gasteiger partial charge in [0.25, 0.3) is 0 Å². The quantitative estimate of drug-likeness (QED) is 0.913. The van der Waals surface area contributed by atoms with E-state index < -0.39 is 17.3 Å². The van der Waals surface area contributed by atoms with Crippen molar-refractivity contribution in [2.24, 2.45) is 0 Å². The molecule has 2 unspecified atom stereocenters. The Labute approximate surface area is 123 Å². The Bertz CT molecular complexity index is 706. The molecule has 1 aliphatic carbocycles. The summed E-state index contributed by atoms with van der Waals surface area (Å²) in [5.74, 6) is -0.470. The SMILES string of the molecule is N#CC1(C(O)c2ccccc2F)CCCc2ccccc21. The summed E-state index contributed by atoms with van der Waals surface area (Å²) in [5, 5.41) is 20.5. The van der Waals surface area contributed by atoms with Gasteiger partial charge in [-0.1, -0.05) is 42.5 Å². The summed E-state index contributed by atoms with van der Waals surface area (Å²) in [6.07, 6.45) is 1.08. The molecule has 106 valence electrons. The van der Waals surface area contributed by atoms with Crippen molar-refractivity contribution in [2.75, 3.05) is 0 Å². The predicted octanol–water partition coefficient (Wildman–Crippen LogP) is 3.66. The van der Waals surface area contributed by atoms with Gasteiger partial charge in [-0.05, 0) is 36.5 Å². The van der Waals surface area contributed by atoms with Gasteiger partial charge in [0, 0.05) is 5.56 Å². The Morgan fingerprint density at radius 1 is 1.14 bits per heavy atom. The number of nitrogens with zero attached hydrogens (tertiary/aromatic N) is 1. The molecular formula is C18H16FNO. The van der Waals surface area contributed by atoms with Crippen molar-refractivity contribution in [1.29, 1.82) is 5.26 Å². The Kier molecular flexibility index (Phi) is 3.48. The maximum Gasteiger partial charge on any atom is 0.129 e. The van der Waals surface area contributed by atoms with Crippen molar-refractivity contribution in [3.63, 3.8) is 0 Å². The minimum absolute atomic E-state index is 0.191. The van der Waals surface area contributed by atoms with Crippen LogP contribution >= 0.6 is 0 Å². The van der Waals surface area contributed by atoms with Crippen molar-refractivity contribution in [3.05, 3.63) is 71.0 Å². The van der Waals surface area contributed by atoms with Crippen LogP contribution in [0.5, 0.6) is 0 Å². The number of benzene rings is 2. The molecule has 2 nitrogen and oxygen atoms in total. The lowest BCUT2D eigenvalue weighted by Gasteiger charge is -2.37. The molecule has 0 amide bonds. The first-order valence-electron chi connectivity index (χ1n) is 7.11. The Morgan fingerprint density at radius 2 is 1.86 bits per heavy atom. The number of nitriles is 1. The van der Waals surface area contributed by atoms with Gasteiger partial charge >= 0.3 is 0 Å². The number of hydrogen-bond acceptors (Lipinski definition) is 2. The lowest BCUT2D eigenvalue weighted by atomic mass is 9.66. The molecule has 0 saturated carbocycles. The van der Waals surface area contributed by atoms with Crippen LogP contribution in [0.3, 0.4) is 0 Å². The van der Waals surface area contributed by atoms with Gasteiger partial charge in [-0.25, -0.2) is 4.39 Å². The van der Waals surface area contributed by atoms with E-state index in [1.807, 2.05) is 24.3 Å². The maximum atomic E-state index is 14.0. The van der Waals surface area contributed by atoms with Gasteiger partial charge < -0.3 is 5.11 Å². The largest absolute Gasteiger partial charge is 0.386 e. The van der Waals surface area contributed by atoms with Crippen molar-refractivity contribution < 1.29 is 9.50 Å². The van der Waals surface area contributed by atoms with Crippen molar-refractivity contribution in [2.45, 2.75) is 30.8 Å². The standard InChI is InChI=1S/C18H16FNO/c19-16-10-4-2-8-14(16)17(21)18(12-20)11-5-7-13-6-1-3-9-15(13)18/h1-4,6,8-10,17,21H,5,7,11H2. The average Bonchev–Trinajstić information content (AvgIpc) is 2.54. The second-order valence-electron chi connectivity index (χ2n) is 5.52. The molecule has 3 heteroatoms. The Morgan fingerprint density at radius 3 is 2.62 bits per heavy atom. The predicted molar refractivity (Wildman–Crippen MR) is 78.0 cm³/mol. The third kappa shape index (κ3) is 2.12. The van der Waals surface area contributed by atoms with Crippen LogP contribution in [-0.4, -0.2) is 5.11 Å². The van der Waals surface area contributed by atoms with E-state index in [9.17, 15) is 14.8 Å². The number of hydrogen-bond donors (Lipinski definition) is 1. The molecule has 1 aliphatic rings. The molecule has 0 heterocycles. The van der Waals surface area contributed by atoms with Crippen LogP contribution in [0, 0.1) is 17.1 Å². The monoisotopic (exact) mass is 281 g/mol. The van der Waals surface area contributed by atoms with Gasteiger partial charge in [-0.2, -0.15) is 5.26 Å². The highest BCUT2D eigenvalue weighted by Crippen LogP contribution is 2.46. The maximum absolute atomic E-state index is 14.0. The van der Waals surface area contributed by atoms with Crippen molar-refractivity contribution >= 4 is 0 Å². The third-order valence-electron chi connectivity index (χ3n) is 4.38. The molecule has 2 aromatic carbocycles. The van der Waals surface area contributed by atoms with Crippen LogP contribution in [-0.2, 0) is 11.8 Å². The zero-order valence-electron chi connectivity index (χ0n) is 11.6. The first-order valence-corrected chi connectivity index (χ1v) is 7.11. The van der Waals surface area contributed by atoms with Crippen molar-refractivity contribution in [3.8, 4) is 6.07 Å². The molecule has 0 aliphatic heterocycles. The summed E-state index contributed by atoms with van der Waals surface area (Å²) in [4.78, 5) is 0. The minimum atomic E-state index is -1.16. The molecule has 2 atom stereocenters. The fourth-order valence-corrected chi connectivity index (χ4v) is 3.29. The van der Waals surface area contributed by atoms with E-state index in [1.165, 1.54) is 6.07 Å². The highest BCUT2D eigenvalue weighted by molar-refractivity contribution is 5.45. The van der Waals surface area contributed by atoms with E-state index in [0.29, 0.717) is 6.42 Å². The van der Waals surface area contributed by atoms with Gasteiger partial charge in [0.05, 0.1) is 6.07 Å². The summed E-state index contributed by atoms with van der Waals surface area (Å²) < 4.78 is 14.0. The molecule has 0 bridgehead atoms. The zero-order valence-corrected chi connectivity index (χ0v) is 11.6. The normalized spacial score (nSPS) is 22.1. The molecule has 0 radical (unpaired) electrons. The molecule has 3 rings (SSSR count). The van der Waals surface area contributed by atoms with Crippen LogP contribution < -0.4 is 0 Å². The summed E-state index contributed by atoms with van der Waals surface area (Å²) in [6.45, 7) is 0. The first kappa shape index (κ1) is 13.8. The average molecular weight is 281 g/mol. The molecule has 1 N–H and O–H groups in total. The van der Waals surface area contributed by atoms with Gasteiger partial charge in [-0.3, -0.25) is 0 Å². The molecule has 2 aromatic rings. The van der Waals surface area contributed by atoms with Gasteiger partial charge in [-0.15, -0.1) is 0 Å². The fourth-order valence-electron chi connectivity index (χ4n) is 3.29. The van der Waals surface area contributed by atoms with Gasteiger partial charge in [0.1, 0.15) is 17.3 Å². The molecule has 0 saturated heterocycles. The number of aliphatic hydroxyl groups excluding tert-OH is 1. The summed E-state index contributed by atoms with van der Waals surface area (Å²) >= 11 is 0. The van der Waals surface area contributed by atoms with Gasteiger partial charge in [0.15, 0.2) is 0 Å². The Hall–Kier alpha value is -2.18. The summed E-state index contributed by atoms with van der Waals surface area (Å²) in [5.41, 5.74) is 1.02. The van der Waals surface area contributed by atoms with Crippen LogP contribution in [0.4, 0.5) is 4.39 Å². The highest BCUT2D eigenvalue weighted by Gasteiger charge is 2.44. The summed E-state index contributed by atoms with van der Waals surface area (Å²) in [7, 11) is 0. The number of aliphatic hydroxyl groups is 1. The van der Waals surface area contributed by atoms with Crippen LogP contribution in [0.25, 0.3) is 0 Å². The molecular weight excluding hydrogens is 265 g/mol. The van der Waals surface area contributed by atoms with E-state index >= 15 is 0 Å². The fraction of sp³-hybridized carbons (Fsp3) is 0.278. The van der Waals surface area contributed by atoms with Crippen LogP contribution in [0.15, 0.2) is 48.5 Å². The van der Waals surface area contributed by atoms with Crippen molar-refractivity contribution in [1.82, 2.24) is 0 Å². The molecule has 0 spiro atoms. The lowest BCUT2D eigenvalue weighted by molar-refractivity contribution is 0.0960. The number of aryl methyl sites for hydroxylation is 1. The highest BCUT2D eigenvalue weighted by atomic mass is 19.1. The van der Waals surface area contributed by atoms with E-state index in [1.54, 1.807) is 18.2 Å². The smallest absolute Gasteiger partial charge is 0.129 e. The van der Waals surface area contributed by atoms with E-state index in [0.717, 1.165) is 24.0 Å². The number of rotatable bonds is 2. The number of halogens is 1. The van der Waals surface area contributed by atoms with E-state index in [2.05, 4.69) is 6.07 Å². The second kappa shape index (κ2) is 5.31. The third-order valence-corrected chi connectivity index (χ3v) is 4.38. The van der Waals surface area contributed by atoms with Crippen LogP contribution in [0.1, 0.15) is 35.6 Å². The topological polar surface area (TPSA) is 44.0 Å². The van der Waals surface area contributed by atoms with E-state index in [4.69, 9.17) is 0 Å². The Balaban J connectivity index is 2.15. The first-order chi connectivity index (χ1) is 10.2. The minimum Gasteiger partial charge on any atom is -0.386 e. The molecule has 0 aromatic heterocycles. The molecule has 21 heavy (non-hydrogen) atoms. The molecule has 0 fully saturated rings. The van der Waals surface area contributed by atoms with Crippen LogP contribution in [0.2, 0.25) is 0 Å². The van der Waals surface area contributed by atoms with E-state index in [-0.39, 0.29) is 5.56 Å². The number of fused-ring (bicyclic) bond motifs is 1. The zero-order chi connectivity index (χ0) is 14.9. The lowest BCUT2D eigenvalue weighted by Crippen LogP contribution is -2.36. The second-order valence-corrected chi connectivity index (χ2v) is 5.52. The van der Waals surface area contributed by atoms with Gasteiger partial charge in [0.2, 0.25) is 0 Å². The summed E-state index contributed by atoms with van der Waals surface area (Å²) in [6, 6.07) is 16.1.